The molecule has 1 aromatic carbocycles. The summed E-state index contributed by atoms with van der Waals surface area (Å²) in [6.45, 7) is 6.82. The lowest BCUT2D eigenvalue weighted by Gasteiger charge is -2.32. The second kappa shape index (κ2) is 38.4. The van der Waals surface area contributed by atoms with Crippen LogP contribution in [0.5, 0.6) is 5.75 Å². The SMILES string of the molecule is CC(C)C[C@@H]1NC(=O)[C@@H]2CCCN2C(=O)[C@@H]2CSCc3cc(cc(c3)OCCCCCCO/N=C/C(=O)N[C@@H](CCCC[NH3+])C(=O)N2)CSC[C@@H](C(N)=O)NC(=O)[C@H](CCC(=O)[O-])NC(=O)[C@H](C)NC(=O)[C@@H]2CCCN2C(=O)[C@H]([C@@H](C)O)NC(=O)[C@H](CC(=O)[O-])NC1=O. The molecule has 31 nitrogen and oxygen atoms in total. The number of hydrogen-bond acceptors (Lipinski definition) is 21. The molecule has 1 aromatic rings. The molecule has 0 aliphatic carbocycles. The number of oxime groups is 1. The van der Waals surface area contributed by atoms with Crippen LogP contribution in [0.2, 0.25) is 0 Å². The average molecular weight is 1350 g/mol. The van der Waals surface area contributed by atoms with Crippen molar-refractivity contribution in [2.24, 2.45) is 16.8 Å². The topological polar surface area (TPSA) is 475 Å². The summed E-state index contributed by atoms with van der Waals surface area (Å²) in [5.41, 5.74) is 11.1. The summed E-state index contributed by atoms with van der Waals surface area (Å²) in [7, 11) is 0. The van der Waals surface area contributed by atoms with Gasteiger partial charge in [-0.1, -0.05) is 25.1 Å². The molecule has 2 fully saturated rings. The molecule has 4 bridgehead atoms. The van der Waals surface area contributed by atoms with Crippen molar-refractivity contribution in [2.45, 2.75) is 202 Å². The van der Waals surface area contributed by atoms with Crippen LogP contribution in [0.25, 0.3) is 0 Å². The monoisotopic (exact) mass is 1340 g/mol. The molecule has 5 rings (SSSR count). The van der Waals surface area contributed by atoms with Crippen molar-refractivity contribution in [3.63, 3.8) is 0 Å². The number of fused-ring (bicyclic) bond motifs is 7. The quantitative estimate of drug-likeness (QED) is 0.0824. The highest BCUT2D eigenvalue weighted by atomic mass is 32.2. The van der Waals surface area contributed by atoms with Crippen LogP contribution < -0.4 is 69.0 Å². The maximum atomic E-state index is 15.1. The molecule has 0 saturated carbocycles. The van der Waals surface area contributed by atoms with Crippen LogP contribution in [-0.4, -0.2) is 209 Å². The molecule has 4 aliphatic heterocycles. The first-order valence-corrected chi connectivity index (χ1v) is 33.8. The number of primary amides is 1. The molecule has 4 heterocycles. The summed E-state index contributed by atoms with van der Waals surface area (Å²) >= 11 is 2.44. The molecule has 516 valence electrons. The van der Waals surface area contributed by atoms with E-state index in [1.54, 1.807) is 19.9 Å². The fourth-order valence-electron chi connectivity index (χ4n) is 10.9. The number of nitrogens with one attached hydrogen (secondary N) is 8. The third-order valence-corrected chi connectivity index (χ3v) is 18.0. The van der Waals surface area contributed by atoms with E-state index in [4.69, 9.17) is 15.3 Å². The normalized spacial score (nSPS) is 27.2. The second-order valence-electron chi connectivity index (χ2n) is 23.9. The Morgan fingerprint density at radius 1 is 0.656 bits per heavy atom. The lowest BCUT2D eigenvalue weighted by atomic mass is 10.0. The number of thioether (sulfide) groups is 2. The number of aliphatic hydroxyl groups excluding tert-OH is 1. The Hall–Kier alpha value is -7.78. The van der Waals surface area contributed by atoms with Gasteiger partial charge in [0.05, 0.1) is 19.3 Å². The number of aliphatic carboxylic acids is 2. The summed E-state index contributed by atoms with van der Waals surface area (Å²) in [4.78, 5) is 186. The Kier molecular flexibility index (Phi) is 31.4. The van der Waals surface area contributed by atoms with Crippen LogP contribution in [0.15, 0.2) is 23.4 Å². The summed E-state index contributed by atoms with van der Waals surface area (Å²) in [6, 6.07) is -9.28. The van der Waals surface area contributed by atoms with Crippen molar-refractivity contribution in [3.8, 4) is 5.75 Å². The maximum absolute atomic E-state index is 15.1. The number of rotatable bonds is 13. The van der Waals surface area contributed by atoms with E-state index in [1.165, 1.54) is 35.3 Å². The molecule has 2 saturated heterocycles. The maximum Gasteiger partial charge on any atom is 0.266 e. The van der Waals surface area contributed by atoms with Crippen molar-refractivity contribution in [2.75, 3.05) is 44.4 Å². The first-order chi connectivity index (χ1) is 44.3. The highest BCUT2D eigenvalue weighted by Gasteiger charge is 2.43. The molecule has 0 spiro atoms. The van der Waals surface area contributed by atoms with E-state index >= 15 is 4.79 Å². The van der Waals surface area contributed by atoms with Crippen molar-refractivity contribution in [1.29, 1.82) is 0 Å². The standard InChI is InChI=1S/C60H91N13O18S2/c1-33(2)23-41-55(84)67-42(27-49(78)79)56(85)71-50(35(4)74)60(89)73-20-12-14-45(73)57(86)64-34(3)52(81)66-40(16-17-48(76)77)54(83)69-43(51(62)80)31-92-29-36-24-37-26-38(25-36)90-21-9-5-6-10-22-91-63-28-47(75)65-39(13-7-8-18-61)53(82)70-44(32-93-30-37)59(88)72-19-11-15-46(72)58(87)68-41/h24-26,28,33-35,39-46,50,74H,5-23,27,29-32,61H2,1-4H3,(H2,62,80)(H,64,86)(H,65,75)(H,66,81)(H,67,84)(H,68,87)(H,69,83)(H,70,82)(H,71,85)(H,76,77)(H,78,79)/p-1/b63-28+/t34-,35+,39-,40-,41-,42-,43-,44-,45-,46-,50-/m0/s1. The molecular weight excluding hydrogens is 1250 g/mol. The Morgan fingerprint density at radius 3 is 1.84 bits per heavy atom. The zero-order valence-electron chi connectivity index (χ0n) is 53.0. The lowest BCUT2D eigenvalue weighted by molar-refractivity contribution is -0.368. The van der Waals surface area contributed by atoms with Gasteiger partial charge in [0.25, 0.3) is 5.91 Å². The van der Waals surface area contributed by atoms with Crippen molar-refractivity contribution < 1.29 is 93.0 Å². The van der Waals surface area contributed by atoms with Crippen molar-refractivity contribution >= 4 is 107 Å². The van der Waals surface area contributed by atoms with Gasteiger partial charge in [-0.15, -0.1) is 0 Å². The van der Waals surface area contributed by atoms with E-state index in [0.29, 0.717) is 62.1 Å². The smallest absolute Gasteiger partial charge is 0.266 e. The van der Waals surface area contributed by atoms with E-state index < -0.39 is 163 Å². The minimum atomic E-state index is -1.98. The van der Waals surface area contributed by atoms with Gasteiger partial charge in [-0.25, -0.2) is 0 Å². The minimum absolute atomic E-state index is 0.0251. The summed E-state index contributed by atoms with van der Waals surface area (Å²) in [6.07, 6.45) is 1.40. The van der Waals surface area contributed by atoms with Crippen LogP contribution in [0, 0.1) is 5.92 Å². The Bertz CT molecular complexity index is 2850. The van der Waals surface area contributed by atoms with Crippen LogP contribution in [0.1, 0.15) is 135 Å². The Morgan fingerprint density at radius 2 is 1.23 bits per heavy atom. The number of carboxylic acid groups (broad SMARTS) is 2. The molecule has 0 radical (unpaired) electrons. The number of hydrogen-bond donors (Lipinski definition) is 11. The Labute approximate surface area is 548 Å². The van der Waals surface area contributed by atoms with E-state index in [0.717, 1.165) is 30.9 Å². The first kappa shape index (κ1) is 75.9. The fourth-order valence-corrected chi connectivity index (χ4v) is 12.9. The number of quaternary nitrogens is 1. The largest absolute Gasteiger partial charge is 0.550 e. The van der Waals surface area contributed by atoms with Gasteiger partial charge in [0.15, 0.2) is 0 Å². The molecule has 0 unspecified atom stereocenters. The molecule has 11 atom stereocenters. The molecule has 4 aliphatic rings. The number of ether oxygens (including phenoxy) is 1. The van der Waals surface area contributed by atoms with Gasteiger partial charge in [0, 0.05) is 54.5 Å². The first-order valence-electron chi connectivity index (χ1n) is 31.5. The van der Waals surface area contributed by atoms with Crippen molar-refractivity contribution in [3.05, 3.63) is 29.3 Å². The molecule has 93 heavy (non-hydrogen) atoms. The van der Waals surface area contributed by atoms with Gasteiger partial charge in [-0.05, 0) is 133 Å². The summed E-state index contributed by atoms with van der Waals surface area (Å²) in [5.74, 6) is -13.1. The van der Waals surface area contributed by atoms with Crippen LogP contribution >= 0.6 is 23.5 Å². The van der Waals surface area contributed by atoms with Gasteiger partial charge < -0.3 is 98.3 Å². The number of carbonyl (C=O) groups excluding carboxylic acids is 13. The molecule has 33 heteroatoms. The number of carbonyl (C=O) groups is 13. The minimum Gasteiger partial charge on any atom is -0.550 e. The number of nitrogens with zero attached hydrogens (tertiary/aromatic N) is 3. The molecule has 14 N–H and O–H groups in total. The Balaban J connectivity index is 1.57. The molecule has 0 aromatic heterocycles. The fraction of sp³-hybridized carbons (Fsp3) is 0.667. The van der Waals surface area contributed by atoms with Crippen LogP contribution in [0.3, 0.4) is 0 Å². The van der Waals surface area contributed by atoms with Gasteiger partial charge in [-0.3, -0.25) is 52.7 Å². The third kappa shape index (κ3) is 24.9. The zero-order chi connectivity index (χ0) is 68.3. The van der Waals surface area contributed by atoms with Gasteiger partial charge in [0.1, 0.15) is 79.0 Å². The molecular formula is C60H90N13O18S2-. The highest BCUT2D eigenvalue weighted by Crippen LogP contribution is 2.27. The second-order valence-corrected chi connectivity index (χ2v) is 26.0. The predicted octanol–water partition coefficient (Wildman–Crippen LogP) is -5.00. The third-order valence-electron chi connectivity index (χ3n) is 15.8. The van der Waals surface area contributed by atoms with Crippen LogP contribution in [-0.2, 0) is 78.7 Å². The van der Waals surface area contributed by atoms with E-state index in [-0.39, 0.29) is 80.7 Å². The number of benzene rings is 1. The van der Waals surface area contributed by atoms with Crippen molar-refractivity contribution in [1.82, 2.24) is 52.3 Å². The number of amides is 11. The zero-order valence-corrected chi connectivity index (χ0v) is 54.7. The van der Waals surface area contributed by atoms with Gasteiger partial charge in [0.2, 0.25) is 59.1 Å². The average Bonchev–Trinajstić information content (AvgIpc) is 1.79. The number of nitrogens with two attached hydrogens (primary N) is 1. The number of carboxylic acids is 2. The summed E-state index contributed by atoms with van der Waals surface area (Å²) in [5, 5.41) is 58.8. The lowest BCUT2D eigenvalue weighted by Crippen LogP contribution is -2.62. The number of aliphatic hydroxyl groups is 1. The summed E-state index contributed by atoms with van der Waals surface area (Å²) < 4.78 is 6.25. The van der Waals surface area contributed by atoms with E-state index in [2.05, 4.69) is 53.4 Å². The number of unbranched alkanes of at least 4 members (excludes halogenated alkanes) is 1. The molecule has 11 amide bonds. The van der Waals surface area contributed by atoms with Gasteiger partial charge in [-0.2, -0.15) is 23.5 Å². The van der Waals surface area contributed by atoms with E-state index in [1.807, 2.05) is 12.1 Å². The predicted molar refractivity (Wildman–Crippen MR) is 334 cm³/mol. The van der Waals surface area contributed by atoms with Gasteiger partial charge >= 0.3 is 0 Å². The van der Waals surface area contributed by atoms with E-state index in [9.17, 15) is 72.9 Å². The highest BCUT2D eigenvalue weighted by molar-refractivity contribution is 7.98. The van der Waals surface area contributed by atoms with Crippen LogP contribution in [0.4, 0.5) is 0 Å².